The van der Waals surface area contributed by atoms with Crippen LogP contribution in [0.25, 0.3) is 0 Å². The van der Waals surface area contributed by atoms with E-state index < -0.39 is 17.5 Å². The van der Waals surface area contributed by atoms with E-state index in [0.29, 0.717) is 6.07 Å². The van der Waals surface area contributed by atoms with E-state index in [9.17, 15) is 13.2 Å². The van der Waals surface area contributed by atoms with Gasteiger partial charge in [-0.1, -0.05) is 5.92 Å². The first-order valence-electron chi connectivity index (χ1n) is 3.92. The zero-order valence-corrected chi connectivity index (χ0v) is 7.28. The minimum absolute atomic E-state index is 0.0548. The summed E-state index contributed by atoms with van der Waals surface area (Å²) < 4.78 is 38.1. The van der Waals surface area contributed by atoms with Crippen molar-refractivity contribution in [3.05, 3.63) is 35.1 Å². The van der Waals surface area contributed by atoms with Crippen molar-refractivity contribution < 1.29 is 13.2 Å². The van der Waals surface area contributed by atoms with Gasteiger partial charge in [0, 0.05) is 18.2 Å². The lowest BCUT2D eigenvalue weighted by atomic mass is 10.2. The Morgan fingerprint density at radius 2 is 1.79 bits per heavy atom. The van der Waals surface area contributed by atoms with E-state index in [1.54, 1.807) is 0 Å². The highest BCUT2D eigenvalue weighted by molar-refractivity contribution is 5.20. The summed E-state index contributed by atoms with van der Waals surface area (Å²) in [6, 6.07) is 1.33. The lowest BCUT2D eigenvalue weighted by Crippen LogP contribution is -2.14. The van der Waals surface area contributed by atoms with E-state index in [-0.39, 0.29) is 18.7 Å². The van der Waals surface area contributed by atoms with Crippen molar-refractivity contribution in [1.29, 1.82) is 0 Å². The highest BCUT2D eigenvalue weighted by Crippen LogP contribution is 2.13. The summed E-state index contributed by atoms with van der Waals surface area (Å²) in [7, 11) is 0. The molecule has 0 radical (unpaired) electrons. The molecule has 0 saturated heterocycles. The molecular formula is C10H8F3N. The topological polar surface area (TPSA) is 12.0 Å². The van der Waals surface area contributed by atoms with E-state index >= 15 is 0 Å². The van der Waals surface area contributed by atoms with Crippen molar-refractivity contribution in [3.63, 3.8) is 0 Å². The van der Waals surface area contributed by atoms with Gasteiger partial charge in [-0.15, -0.1) is 6.42 Å². The van der Waals surface area contributed by atoms with Crippen molar-refractivity contribution in [2.24, 2.45) is 0 Å². The van der Waals surface area contributed by atoms with Crippen LogP contribution in [0, 0.1) is 29.8 Å². The van der Waals surface area contributed by atoms with E-state index in [2.05, 4.69) is 11.2 Å². The smallest absolute Gasteiger partial charge is 0.161 e. The third-order valence-corrected chi connectivity index (χ3v) is 1.63. The molecule has 0 atom stereocenters. The summed E-state index contributed by atoms with van der Waals surface area (Å²) in [5, 5.41) is 2.67. The average Bonchev–Trinajstić information content (AvgIpc) is 2.14. The SMILES string of the molecule is C#CCNCc1cc(F)c(F)cc1F. The van der Waals surface area contributed by atoms with Crippen molar-refractivity contribution in [2.45, 2.75) is 6.54 Å². The quantitative estimate of drug-likeness (QED) is 0.445. The largest absolute Gasteiger partial charge is 0.302 e. The molecule has 0 spiro atoms. The molecule has 0 aliphatic rings. The second-order valence-electron chi connectivity index (χ2n) is 2.67. The standard InChI is InChI=1S/C10H8F3N/c1-2-3-14-6-7-4-9(12)10(13)5-8(7)11/h1,4-5,14H,3,6H2. The van der Waals surface area contributed by atoms with Crippen LogP contribution in [0.15, 0.2) is 12.1 Å². The van der Waals surface area contributed by atoms with Gasteiger partial charge in [0.25, 0.3) is 0 Å². The van der Waals surface area contributed by atoms with Gasteiger partial charge in [-0.3, -0.25) is 0 Å². The lowest BCUT2D eigenvalue weighted by Gasteiger charge is -2.03. The molecule has 0 unspecified atom stereocenters. The van der Waals surface area contributed by atoms with Crippen LogP contribution >= 0.6 is 0 Å². The highest BCUT2D eigenvalue weighted by Gasteiger charge is 2.08. The number of benzene rings is 1. The summed E-state index contributed by atoms with van der Waals surface area (Å²) in [6.07, 6.45) is 4.94. The van der Waals surface area contributed by atoms with Crippen LogP contribution in [-0.4, -0.2) is 6.54 Å². The molecule has 1 aromatic rings. The summed E-state index contributed by atoms with van der Waals surface area (Å²) in [4.78, 5) is 0. The van der Waals surface area contributed by atoms with Gasteiger partial charge in [-0.05, 0) is 6.07 Å². The van der Waals surface area contributed by atoms with Crippen molar-refractivity contribution in [1.82, 2.24) is 5.32 Å². The molecule has 14 heavy (non-hydrogen) atoms. The Bertz CT molecular complexity index is 368. The van der Waals surface area contributed by atoms with Crippen LogP contribution in [-0.2, 0) is 6.54 Å². The minimum Gasteiger partial charge on any atom is -0.302 e. The predicted octanol–water partition coefficient (Wildman–Crippen LogP) is 1.83. The molecule has 0 amide bonds. The fourth-order valence-corrected chi connectivity index (χ4v) is 0.969. The molecule has 0 aliphatic carbocycles. The van der Waals surface area contributed by atoms with Crippen LogP contribution in [0.4, 0.5) is 13.2 Å². The van der Waals surface area contributed by atoms with Gasteiger partial charge in [0.1, 0.15) is 5.82 Å². The predicted molar refractivity (Wildman–Crippen MR) is 46.9 cm³/mol. The first-order chi connectivity index (χ1) is 6.65. The molecule has 4 heteroatoms. The van der Waals surface area contributed by atoms with E-state index in [0.717, 1.165) is 6.07 Å². The van der Waals surface area contributed by atoms with Crippen LogP contribution in [0.5, 0.6) is 0 Å². The zero-order valence-electron chi connectivity index (χ0n) is 7.28. The second-order valence-corrected chi connectivity index (χ2v) is 2.67. The lowest BCUT2D eigenvalue weighted by molar-refractivity contribution is 0.488. The Balaban J connectivity index is 2.78. The second kappa shape index (κ2) is 4.68. The van der Waals surface area contributed by atoms with Gasteiger partial charge in [-0.2, -0.15) is 0 Å². The summed E-state index contributed by atoms with van der Waals surface area (Å²) in [5.74, 6) is -0.759. The Labute approximate surface area is 79.9 Å². The van der Waals surface area contributed by atoms with Gasteiger partial charge in [-0.25, -0.2) is 13.2 Å². The number of nitrogens with one attached hydrogen (secondary N) is 1. The van der Waals surface area contributed by atoms with Crippen molar-refractivity contribution in [3.8, 4) is 12.3 Å². The van der Waals surface area contributed by atoms with E-state index in [1.165, 1.54) is 0 Å². The molecule has 1 rings (SSSR count). The van der Waals surface area contributed by atoms with Gasteiger partial charge in [0.15, 0.2) is 11.6 Å². The molecule has 0 heterocycles. The molecule has 1 N–H and O–H groups in total. The van der Waals surface area contributed by atoms with E-state index in [4.69, 9.17) is 6.42 Å². The number of hydrogen-bond donors (Lipinski definition) is 1. The first kappa shape index (κ1) is 10.6. The van der Waals surface area contributed by atoms with Gasteiger partial charge in [0.2, 0.25) is 0 Å². The van der Waals surface area contributed by atoms with Crippen LogP contribution in [0.1, 0.15) is 5.56 Å². The van der Waals surface area contributed by atoms with Crippen LogP contribution in [0.3, 0.4) is 0 Å². The molecule has 0 bridgehead atoms. The maximum absolute atomic E-state index is 13.0. The Hall–Kier alpha value is -1.47. The number of halogens is 3. The Morgan fingerprint density at radius 1 is 1.14 bits per heavy atom. The number of hydrogen-bond acceptors (Lipinski definition) is 1. The van der Waals surface area contributed by atoms with Crippen LogP contribution in [0.2, 0.25) is 0 Å². The fourth-order valence-electron chi connectivity index (χ4n) is 0.969. The summed E-state index contributed by atoms with van der Waals surface area (Å²) >= 11 is 0. The van der Waals surface area contributed by atoms with Crippen molar-refractivity contribution >= 4 is 0 Å². The number of terminal acetylenes is 1. The van der Waals surface area contributed by atoms with Gasteiger partial charge in [0.05, 0.1) is 6.54 Å². The van der Waals surface area contributed by atoms with Crippen LogP contribution < -0.4 is 5.32 Å². The molecule has 0 fully saturated rings. The van der Waals surface area contributed by atoms with E-state index in [1.807, 2.05) is 0 Å². The molecule has 0 saturated carbocycles. The van der Waals surface area contributed by atoms with Gasteiger partial charge < -0.3 is 5.32 Å². The highest BCUT2D eigenvalue weighted by atomic mass is 19.2. The normalized spacial score (nSPS) is 9.86. The van der Waals surface area contributed by atoms with Gasteiger partial charge >= 0.3 is 0 Å². The third kappa shape index (κ3) is 2.51. The maximum atomic E-state index is 13.0. The Kier molecular flexibility index (Phi) is 3.55. The molecule has 1 nitrogen and oxygen atoms in total. The zero-order chi connectivity index (χ0) is 10.6. The minimum atomic E-state index is -1.19. The summed E-state index contributed by atoms with van der Waals surface area (Å²) in [6.45, 7) is 0.325. The molecule has 0 aliphatic heterocycles. The molecule has 0 aromatic heterocycles. The average molecular weight is 199 g/mol. The fraction of sp³-hybridized carbons (Fsp3) is 0.200. The molecule has 1 aromatic carbocycles. The molecular weight excluding hydrogens is 191 g/mol. The number of rotatable bonds is 3. The Morgan fingerprint density at radius 3 is 2.43 bits per heavy atom. The van der Waals surface area contributed by atoms with Crippen molar-refractivity contribution in [2.75, 3.05) is 6.54 Å². The monoisotopic (exact) mass is 199 g/mol. The maximum Gasteiger partial charge on any atom is 0.161 e. The first-order valence-corrected chi connectivity index (χ1v) is 3.92. The summed E-state index contributed by atoms with van der Waals surface area (Å²) in [5.41, 5.74) is 0.0548. The third-order valence-electron chi connectivity index (χ3n) is 1.63. The molecule has 74 valence electrons.